The average molecular weight is 390 g/mol. The molecule has 140 valence electrons. The van der Waals surface area contributed by atoms with Crippen LogP contribution in [0.3, 0.4) is 0 Å². The Labute approximate surface area is 166 Å². The molecule has 0 unspecified atom stereocenters. The van der Waals surface area contributed by atoms with E-state index >= 15 is 0 Å². The Morgan fingerprint density at radius 2 is 1.82 bits per heavy atom. The van der Waals surface area contributed by atoms with E-state index in [9.17, 15) is 4.79 Å². The summed E-state index contributed by atoms with van der Waals surface area (Å²) in [5, 5.41) is 16.3. The maximum atomic E-state index is 12.3. The predicted octanol–water partition coefficient (Wildman–Crippen LogP) is 3.48. The van der Waals surface area contributed by atoms with Crippen LogP contribution >= 0.6 is 11.8 Å². The first-order chi connectivity index (χ1) is 13.7. The van der Waals surface area contributed by atoms with E-state index in [1.165, 1.54) is 17.3 Å². The zero-order valence-electron chi connectivity index (χ0n) is 15.2. The number of nitrogens with one attached hydrogen (secondary N) is 1. The first-order valence-electron chi connectivity index (χ1n) is 8.87. The van der Waals surface area contributed by atoms with Crippen molar-refractivity contribution in [3.8, 4) is 11.3 Å². The second-order valence-corrected chi connectivity index (χ2v) is 7.04. The number of nitrogens with zero attached hydrogens (tertiary/aromatic N) is 5. The van der Waals surface area contributed by atoms with Crippen molar-refractivity contribution in [1.29, 1.82) is 0 Å². The standard InChI is InChI=1S/C20H18N6OS/c1-2-14-3-5-16(6-4-14)22-19(27)13-28-20-24-23-18-8-7-17(25-26(18)20)15-9-11-21-12-10-15/h3-12H,2,13H2,1H3,(H,22,27). The minimum Gasteiger partial charge on any atom is -0.325 e. The molecular formula is C20H18N6OS. The number of carbonyl (C=O) groups excluding carboxylic acids is 1. The lowest BCUT2D eigenvalue weighted by Crippen LogP contribution is -2.14. The summed E-state index contributed by atoms with van der Waals surface area (Å²) < 4.78 is 1.66. The Morgan fingerprint density at radius 1 is 1.04 bits per heavy atom. The van der Waals surface area contributed by atoms with Gasteiger partial charge in [-0.15, -0.1) is 10.2 Å². The summed E-state index contributed by atoms with van der Waals surface area (Å²) in [6.07, 6.45) is 4.42. The monoisotopic (exact) mass is 390 g/mol. The molecule has 8 heteroatoms. The third kappa shape index (κ3) is 4.01. The van der Waals surface area contributed by atoms with Crippen LogP contribution in [0.4, 0.5) is 5.69 Å². The lowest BCUT2D eigenvalue weighted by atomic mass is 10.1. The molecule has 1 aromatic carbocycles. The SMILES string of the molecule is CCc1ccc(NC(=O)CSc2nnc3ccc(-c4ccncc4)nn23)cc1. The highest BCUT2D eigenvalue weighted by atomic mass is 32.2. The van der Waals surface area contributed by atoms with Crippen molar-refractivity contribution in [2.75, 3.05) is 11.1 Å². The highest BCUT2D eigenvalue weighted by Crippen LogP contribution is 2.20. The number of hydrogen-bond acceptors (Lipinski definition) is 6. The number of anilines is 1. The minimum absolute atomic E-state index is 0.101. The molecule has 4 rings (SSSR count). The first-order valence-corrected chi connectivity index (χ1v) is 9.86. The normalized spacial score (nSPS) is 10.9. The molecule has 0 spiro atoms. The van der Waals surface area contributed by atoms with Crippen molar-refractivity contribution in [3.63, 3.8) is 0 Å². The third-order valence-corrected chi connectivity index (χ3v) is 5.11. The fourth-order valence-corrected chi connectivity index (χ4v) is 3.37. The van der Waals surface area contributed by atoms with Crippen molar-refractivity contribution in [1.82, 2.24) is 24.8 Å². The van der Waals surface area contributed by atoms with Crippen molar-refractivity contribution in [3.05, 3.63) is 66.5 Å². The number of hydrogen-bond donors (Lipinski definition) is 1. The largest absolute Gasteiger partial charge is 0.325 e. The number of aromatic nitrogens is 5. The van der Waals surface area contributed by atoms with Crippen molar-refractivity contribution < 1.29 is 4.79 Å². The Bertz CT molecular complexity index is 1090. The summed E-state index contributed by atoms with van der Waals surface area (Å²) in [6, 6.07) is 15.4. The molecule has 0 aliphatic rings. The average Bonchev–Trinajstić information content (AvgIpc) is 3.16. The van der Waals surface area contributed by atoms with Crippen LogP contribution in [0.1, 0.15) is 12.5 Å². The van der Waals surface area contributed by atoms with Crippen molar-refractivity contribution >= 4 is 29.0 Å². The number of benzene rings is 1. The Hall–Kier alpha value is -3.26. The molecule has 0 aliphatic carbocycles. The van der Waals surface area contributed by atoms with Gasteiger partial charge in [0.1, 0.15) is 0 Å². The van der Waals surface area contributed by atoms with Gasteiger partial charge in [-0.05, 0) is 48.4 Å². The number of fused-ring (bicyclic) bond motifs is 1. The van der Waals surface area contributed by atoms with Crippen LogP contribution in [0.15, 0.2) is 66.1 Å². The van der Waals surface area contributed by atoms with Crippen LogP contribution in [0.5, 0.6) is 0 Å². The minimum atomic E-state index is -0.101. The summed E-state index contributed by atoms with van der Waals surface area (Å²) in [5.41, 5.74) is 4.40. The van der Waals surface area contributed by atoms with E-state index in [1.807, 2.05) is 48.5 Å². The lowest BCUT2D eigenvalue weighted by Gasteiger charge is -2.06. The molecule has 7 nitrogen and oxygen atoms in total. The van der Waals surface area contributed by atoms with E-state index in [0.717, 1.165) is 23.4 Å². The Morgan fingerprint density at radius 3 is 2.57 bits per heavy atom. The quantitative estimate of drug-likeness (QED) is 0.507. The van der Waals surface area contributed by atoms with Crippen LogP contribution in [-0.2, 0) is 11.2 Å². The molecule has 0 bridgehead atoms. The van der Waals surface area contributed by atoms with Gasteiger partial charge in [-0.1, -0.05) is 30.8 Å². The summed E-state index contributed by atoms with van der Waals surface area (Å²) in [5.74, 6) is 0.119. The molecule has 0 atom stereocenters. The number of carbonyl (C=O) groups is 1. The Balaban J connectivity index is 1.46. The summed E-state index contributed by atoms with van der Waals surface area (Å²) in [4.78, 5) is 16.3. The van der Waals surface area contributed by atoms with Gasteiger partial charge >= 0.3 is 0 Å². The third-order valence-electron chi connectivity index (χ3n) is 4.19. The smallest absolute Gasteiger partial charge is 0.234 e. The van der Waals surface area contributed by atoms with Gasteiger partial charge in [-0.2, -0.15) is 9.61 Å². The van der Waals surface area contributed by atoms with Gasteiger partial charge in [-0.25, -0.2) is 0 Å². The molecule has 0 saturated carbocycles. The molecule has 3 aromatic heterocycles. The molecule has 0 aliphatic heterocycles. The Kier molecular flexibility index (Phi) is 5.29. The fraction of sp³-hybridized carbons (Fsp3) is 0.150. The van der Waals surface area contributed by atoms with Gasteiger partial charge in [0.15, 0.2) is 5.65 Å². The molecule has 1 amide bonds. The van der Waals surface area contributed by atoms with Gasteiger partial charge in [0, 0.05) is 23.6 Å². The molecule has 0 saturated heterocycles. The number of pyridine rings is 1. The molecule has 4 aromatic rings. The maximum absolute atomic E-state index is 12.3. The number of aryl methyl sites for hydroxylation is 1. The molecular weight excluding hydrogens is 372 g/mol. The highest BCUT2D eigenvalue weighted by molar-refractivity contribution is 7.99. The van der Waals surface area contributed by atoms with Gasteiger partial charge in [0.25, 0.3) is 0 Å². The molecule has 0 radical (unpaired) electrons. The molecule has 1 N–H and O–H groups in total. The number of thioether (sulfide) groups is 1. The molecule has 0 fully saturated rings. The summed E-state index contributed by atoms with van der Waals surface area (Å²) in [7, 11) is 0. The van der Waals surface area contributed by atoms with Gasteiger partial charge in [0.2, 0.25) is 11.1 Å². The van der Waals surface area contributed by atoms with Crippen molar-refractivity contribution in [2.24, 2.45) is 0 Å². The maximum Gasteiger partial charge on any atom is 0.234 e. The van der Waals surface area contributed by atoms with Crippen LogP contribution in [-0.4, -0.2) is 36.5 Å². The van der Waals surface area contributed by atoms with Crippen LogP contribution in [0, 0.1) is 0 Å². The topological polar surface area (TPSA) is 85.1 Å². The van der Waals surface area contributed by atoms with E-state index < -0.39 is 0 Å². The second kappa shape index (κ2) is 8.18. The van der Waals surface area contributed by atoms with Crippen LogP contribution in [0.25, 0.3) is 16.9 Å². The van der Waals surface area contributed by atoms with Crippen molar-refractivity contribution in [2.45, 2.75) is 18.5 Å². The number of rotatable bonds is 6. The molecule has 28 heavy (non-hydrogen) atoms. The predicted molar refractivity (Wildman–Crippen MR) is 109 cm³/mol. The molecule has 3 heterocycles. The van der Waals surface area contributed by atoms with Crippen LogP contribution in [0.2, 0.25) is 0 Å². The highest BCUT2D eigenvalue weighted by Gasteiger charge is 2.12. The van der Waals surface area contributed by atoms with E-state index in [4.69, 9.17) is 0 Å². The summed E-state index contributed by atoms with van der Waals surface area (Å²) >= 11 is 1.30. The van der Waals surface area contributed by atoms with E-state index in [-0.39, 0.29) is 11.7 Å². The first kappa shape index (κ1) is 18.1. The van der Waals surface area contributed by atoms with Crippen LogP contribution < -0.4 is 5.32 Å². The van der Waals surface area contributed by atoms with E-state index in [1.54, 1.807) is 16.9 Å². The van der Waals surface area contributed by atoms with E-state index in [2.05, 4.69) is 32.5 Å². The van der Waals surface area contributed by atoms with Gasteiger partial charge < -0.3 is 5.32 Å². The zero-order valence-corrected chi connectivity index (χ0v) is 16.1. The zero-order chi connectivity index (χ0) is 19.3. The van der Waals surface area contributed by atoms with Gasteiger partial charge in [0.05, 0.1) is 11.4 Å². The summed E-state index contributed by atoms with van der Waals surface area (Å²) in [6.45, 7) is 2.10. The van der Waals surface area contributed by atoms with E-state index in [0.29, 0.717) is 10.8 Å². The number of amides is 1. The fourth-order valence-electron chi connectivity index (χ4n) is 2.69. The van der Waals surface area contributed by atoms with Gasteiger partial charge in [-0.3, -0.25) is 9.78 Å². The lowest BCUT2D eigenvalue weighted by molar-refractivity contribution is -0.113. The second-order valence-electron chi connectivity index (χ2n) is 6.09.